The summed E-state index contributed by atoms with van der Waals surface area (Å²) in [7, 11) is 0. The van der Waals surface area contributed by atoms with Crippen molar-refractivity contribution >= 4 is 0 Å². The van der Waals surface area contributed by atoms with Crippen LogP contribution in [0.1, 0.15) is 43.7 Å². The van der Waals surface area contributed by atoms with Gasteiger partial charge in [-0.05, 0) is 38.5 Å². The zero-order valence-electron chi connectivity index (χ0n) is 9.98. The third kappa shape index (κ3) is 1.77. The van der Waals surface area contributed by atoms with Gasteiger partial charge in [0.1, 0.15) is 5.82 Å². The maximum absolute atomic E-state index is 5.44. The van der Waals surface area contributed by atoms with Crippen LogP contribution < -0.4 is 0 Å². The molecule has 88 valence electrons. The second-order valence-corrected chi connectivity index (χ2v) is 5.21. The molecule has 3 heterocycles. The van der Waals surface area contributed by atoms with Gasteiger partial charge < -0.3 is 9.30 Å². The third-order valence-corrected chi connectivity index (χ3v) is 3.94. The van der Waals surface area contributed by atoms with Crippen molar-refractivity contribution in [1.29, 1.82) is 0 Å². The van der Waals surface area contributed by atoms with Crippen molar-refractivity contribution in [2.24, 2.45) is 5.92 Å². The Labute approximate surface area is 96.8 Å². The number of fused-ring (bicyclic) bond motifs is 1. The summed E-state index contributed by atoms with van der Waals surface area (Å²) in [5, 5.41) is 0. The predicted molar refractivity (Wildman–Crippen MR) is 62.5 cm³/mol. The molecule has 3 heteroatoms. The summed E-state index contributed by atoms with van der Waals surface area (Å²) in [4.78, 5) is 4.62. The van der Waals surface area contributed by atoms with Gasteiger partial charge in [0.05, 0.1) is 0 Å². The van der Waals surface area contributed by atoms with E-state index in [1.807, 2.05) is 0 Å². The molecule has 2 aliphatic heterocycles. The quantitative estimate of drug-likeness (QED) is 0.765. The standard InChI is InChI=1S/C13H20N2O/c1-10-3-2-4-12-8-14-13(15(10)12)7-11-5-6-16-9-11/h8,10-11H,2-7,9H2,1H3. The maximum Gasteiger partial charge on any atom is 0.109 e. The summed E-state index contributed by atoms with van der Waals surface area (Å²) in [6.07, 6.45) is 8.22. The Morgan fingerprint density at radius 3 is 3.25 bits per heavy atom. The van der Waals surface area contributed by atoms with Gasteiger partial charge >= 0.3 is 0 Å². The number of hydrogen-bond acceptors (Lipinski definition) is 2. The van der Waals surface area contributed by atoms with Crippen LogP contribution in [0.15, 0.2) is 6.20 Å². The van der Waals surface area contributed by atoms with Crippen molar-refractivity contribution in [2.45, 2.75) is 45.1 Å². The topological polar surface area (TPSA) is 27.1 Å². The van der Waals surface area contributed by atoms with Crippen LogP contribution in [0.2, 0.25) is 0 Å². The lowest BCUT2D eigenvalue weighted by Gasteiger charge is -2.24. The highest BCUT2D eigenvalue weighted by Crippen LogP contribution is 2.28. The first-order chi connectivity index (χ1) is 7.84. The fourth-order valence-corrected chi connectivity index (χ4v) is 3.02. The van der Waals surface area contributed by atoms with E-state index < -0.39 is 0 Å². The van der Waals surface area contributed by atoms with Crippen LogP contribution in [0.5, 0.6) is 0 Å². The molecule has 1 fully saturated rings. The first kappa shape index (κ1) is 10.3. The Morgan fingerprint density at radius 1 is 1.50 bits per heavy atom. The summed E-state index contributed by atoms with van der Waals surface area (Å²) in [5.41, 5.74) is 1.44. The van der Waals surface area contributed by atoms with Gasteiger partial charge in [-0.1, -0.05) is 0 Å². The molecule has 0 aliphatic carbocycles. The molecule has 2 unspecified atom stereocenters. The number of ether oxygens (including phenoxy) is 1. The number of aromatic nitrogens is 2. The van der Waals surface area contributed by atoms with Crippen molar-refractivity contribution in [3.05, 3.63) is 17.7 Å². The van der Waals surface area contributed by atoms with E-state index in [0.717, 1.165) is 19.6 Å². The van der Waals surface area contributed by atoms with E-state index >= 15 is 0 Å². The number of hydrogen-bond donors (Lipinski definition) is 0. The first-order valence-corrected chi connectivity index (χ1v) is 6.47. The average Bonchev–Trinajstić information content (AvgIpc) is 2.90. The SMILES string of the molecule is CC1CCCc2cnc(CC3CCOC3)n21. The molecule has 0 aromatic carbocycles. The van der Waals surface area contributed by atoms with E-state index in [9.17, 15) is 0 Å². The lowest BCUT2D eigenvalue weighted by atomic mass is 10.0. The molecular weight excluding hydrogens is 200 g/mol. The molecule has 0 bridgehead atoms. The number of imidazole rings is 1. The van der Waals surface area contributed by atoms with Crippen molar-refractivity contribution in [2.75, 3.05) is 13.2 Å². The second kappa shape index (κ2) is 4.21. The smallest absolute Gasteiger partial charge is 0.109 e. The predicted octanol–water partition coefficient (Wildman–Crippen LogP) is 2.36. The van der Waals surface area contributed by atoms with Crippen molar-refractivity contribution < 1.29 is 4.74 Å². The molecule has 3 nitrogen and oxygen atoms in total. The molecular formula is C13H20N2O. The summed E-state index contributed by atoms with van der Waals surface area (Å²) >= 11 is 0. The molecule has 3 rings (SSSR count). The zero-order valence-corrected chi connectivity index (χ0v) is 9.98. The Bertz CT molecular complexity index is 366. The minimum atomic E-state index is 0.642. The Balaban J connectivity index is 1.81. The van der Waals surface area contributed by atoms with Crippen LogP contribution >= 0.6 is 0 Å². The Hall–Kier alpha value is -0.830. The molecule has 2 aliphatic rings. The third-order valence-electron chi connectivity index (χ3n) is 3.94. The monoisotopic (exact) mass is 220 g/mol. The van der Waals surface area contributed by atoms with E-state index in [4.69, 9.17) is 4.74 Å². The Kier molecular flexibility index (Phi) is 2.72. The lowest BCUT2D eigenvalue weighted by Crippen LogP contribution is -2.19. The number of nitrogens with zero attached hydrogens (tertiary/aromatic N) is 2. The van der Waals surface area contributed by atoms with Crippen molar-refractivity contribution in [3.63, 3.8) is 0 Å². The van der Waals surface area contributed by atoms with E-state index in [1.54, 1.807) is 0 Å². The normalized spacial score (nSPS) is 29.3. The largest absolute Gasteiger partial charge is 0.381 e. The zero-order chi connectivity index (χ0) is 11.0. The molecule has 2 atom stereocenters. The summed E-state index contributed by atoms with van der Waals surface area (Å²) < 4.78 is 7.91. The molecule has 0 saturated carbocycles. The Morgan fingerprint density at radius 2 is 2.44 bits per heavy atom. The minimum absolute atomic E-state index is 0.642. The average molecular weight is 220 g/mol. The molecule has 0 radical (unpaired) electrons. The van der Waals surface area contributed by atoms with Crippen LogP contribution in [0.3, 0.4) is 0 Å². The van der Waals surface area contributed by atoms with Crippen LogP contribution in [0.4, 0.5) is 0 Å². The number of aryl methyl sites for hydroxylation is 1. The van der Waals surface area contributed by atoms with Crippen LogP contribution in [-0.2, 0) is 17.6 Å². The van der Waals surface area contributed by atoms with E-state index in [1.165, 1.54) is 37.2 Å². The van der Waals surface area contributed by atoms with E-state index in [-0.39, 0.29) is 0 Å². The summed E-state index contributed by atoms with van der Waals surface area (Å²) in [6, 6.07) is 0.642. The minimum Gasteiger partial charge on any atom is -0.381 e. The summed E-state index contributed by atoms with van der Waals surface area (Å²) in [5.74, 6) is 1.98. The van der Waals surface area contributed by atoms with Gasteiger partial charge in [-0.25, -0.2) is 4.98 Å². The summed E-state index contributed by atoms with van der Waals surface area (Å²) in [6.45, 7) is 4.18. The molecule has 1 aromatic heterocycles. The highest BCUT2D eigenvalue weighted by atomic mass is 16.5. The fraction of sp³-hybridized carbons (Fsp3) is 0.769. The second-order valence-electron chi connectivity index (χ2n) is 5.21. The molecule has 0 amide bonds. The lowest BCUT2D eigenvalue weighted by molar-refractivity contribution is 0.185. The van der Waals surface area contributed by atoms with Crippen LogP contribution in [-0.4, -0.2) is 22.8 Å². The van der Waals surface area contributed by atoms with Crippen LogP contribution in [0.25, 0.3) is 0 Å². The highest BCUT2D eigenvalue weighted by molar-refractivity contribution is 5.10. The van der Waals surface area contributed by atoms with E-state index in [0.29, 0.717) is 12.0 Å². The first-order valence-electron chi connectivity index (χ1n) is 6.47. The van der Waals surface area contributed by atoms with Gasteiger partial charge in [0.25, 0.3) is 0 Å². The number of rotatable bonds is 2. The van der Waals surface area contributed by atoms with Gasteiger partial charge in [-0.15, -0.1) is 0 Å². The molecule has 0 spiro atoms. The highest BCUT2D eigenvalue weighted by Gasteiger charge is 2.23. The van der Waals surface area contributed by atoms with Crippen molar-refractivity contribution in [1.82, 2.24) is 9.55 Å². The molecule has 1 saturated heterocycles. The fourth-order valence-electron chi connectivity index (χ4n) is 3.02. The van der Waals surface area contributed by atoms with Gasteiger partial charge in [0, 0.05) is 37.6 Å². The molecule has 0 N–H and O–H groups in total. The molecule has 16 heavy (non-hydrogen) atoms. The van der Waals surface area contributed by atoms with Crippen LogP contribution in [0, 0.1) is 5.92 Å². The maximum atomic E-state index is 5.44. The van der Waals surface area contributed by atoms with Crippen molar-refractivity contribution in [3.8, 4) is 0 Å². The van der Waals surface area contributed by atoms with E-state index in [2.05, 4.69) is 22.7 Å². The molecule has 1 aromatic rings. The van der Waals surface area contributed by atoms with Gasteiger partial charge in [0.2, 0.25) is 0 Å². The van der Waals surface area contributed by atoms with Gasteiger partial charge in [0.15, 0.2) is 0 Å². The van der Waals surface area contributed by atoms with Gasteiger partial charge in [-0.2, -0.15) is 0 Å². The van der Waals surface area contributed by atoms with Gasteiger partial charge in [-0.3, -0.25) is 0 Å².